The van der Waals surface area contributed by atoms with E-state index in [4.69, 9.17) is 14.2 Å². The highest BCUT2D eigenvalue weighted by atomic mass is 16.7. The lowest BCUT2D eigenvalue weighted by Gasteiger charge is -2.44. The van der Waals surface area contributed by atoms with Crippen molar-refractivity contribution in [3.63, 3.8) is 0 Å². The lowest BCUT2D eigenvalue weighted by Crippen LogP contribution is -2.48. The number of hydrogen-bond donors (Lipinski definition) is 0. The van der Waals surface area contributed by atoms with E-state index in [1.807, 2.05) is 24.3 Å². The predicted molar refractivity (Wildman–Crippen MR) is 97.0 cm³/mol. The first-order chi connectivity index (χ1) is 12.8. The Kier molecular flexibility index (Phi) is 5.48. The first kappa shape index (κ1) is 17.5. The van der Waals surface area contributed by atoms with Gasteiger partial charge in [0.15, 0.2) is 0 Å². The van der Waals surface area contributed by atoms with Crippen molar-refractivity contribution in [2.75, 3.05) is 46.8 Å². The first-order valence-electron chi connectivity index (χ1n) is 9.27. The molecule has 5 rings (SSSR count). The predicted octanol–water partition coefficient (Wildman–Crippen LogP) is 2.21. The van der Waals surface area contributed by atoms with Crippen LogP contribution in [-0.4, -0.2) is 66.6 Å². The van der Waals surface area contributed by atoms with Gasteiger partial charge in [0.25, 0.3) is 0 Å². The van der Waals surface area contributed by atoms with Gasteiger partial charge in [-0.3, -0.25) is 0 Å². The van der Waals surface area contributed by atoms with Crippen LogP contribution >= 0.6 is 0 Å². The number of hydrogen-bond acceptors (Lipinski definition) is 6. The lowest BCUT2D eigenvalue weighted by atomic mass is 9.84. The molecule has 26 heavy (non-hydrogen) atoms. The Morgan fingerprint density at radius 3 is 2.62 bits per heavy atom. The molecular formula is C19H26N4O3. The smallest absolute Gasteiger partial charge is 0.146 e. The second-order valence-electron chi connectivity index (χ2n) is 6.98. The molecule has 140 valence electrons. The van der Waals surface area contributed by atoms with Crippen LogP contribution in [0.3, 0.4) is 0 Å². The number of nitrogens with zero attached hydrogens (tertiary/aromatic N) is 4. The second-order valence-corrected chi connectivity index (χ2v) is 6.98. The Hall–Kier alpha value is -1.96. The molecule has 1 aromatic heterocycles. The third-order valence-corrected chi connectivity index (χ3v) is 5.32. The summed E-state index contributed by atoms with van der Waals surface area (Å²) in [7, 11) is 1.60. The summed E-state index contributed by atoms with van der Waals surface area (Å²) in [6.07, 6.45) is 4.64. The van der Waals surface area contributed by atoms with Crippen molar-refractivity contribution in [2.45, 2.75) is 18.9 Å². The number of rotatable bonds is 8. The summed E-state index contributed by atoms with van der Waals surface area (Å²) < 4.78 is 17.8. The molecule has 3 aliphatic heterocycles. The summed E-state index contributed by atoms with van der Waals surface area (Å²) in [6.45, 7) is 4.87. The van der Waals surface area contributed by atoms with E-state index in [9.17, 15) is 0 Å². The van der Waals surface area contributed by atoms with E-state index < -0.39 is 0 Å². The molecule has 1 atom stereocenters. The molecule has 0 aliphatic carbocycles. The van der Waals surface area contributed by atoms with Crippen LogP contribution in [0.5, 0.6) is 5.75 Å². The molecule has 7 nitrogen and oxygen atoms in total. The van der Waals surface area contributed by atoms with Gasteiger partial charge in [-0.05, 0) is 56.1 Å². The fraction of sp³-hybridized carbons (Fsp3) is 0.579. The van der Waals surface area contributed by atoms with Crippen molar-refractivity contribution in [1.82, 2.24) is 19.9 Å². The minimum absolute atomic E-state index is 0.289. The summed E-state index contributed by atoms with van der Waals surface area (Å²) in [5, 5.41) is 8.81. The van der Waals surface area contributed by atoms with Crippen molar-refractivity contribution >= 4 is 0 Å². The van der Waals surface area contributed by atoms with Crippen LogP contribution in [0.2, 0.25) is 0 Å². The van der Waals surface area contributed by atoms with E-state index in [1.54, 1.807) is 7.11 Å². The maximum Gasteiger partial charge on any atom is 0.146 e. The molecule has 0 radical (unpaired) electrons. The maximum absolute atomic E-state index is 5.65. The molecule has 7 heteroatoms. The Morgan fingerprint density at radius 2 is 1.92 bits per heavy atom. The van der Waals surface area contributed by atoms with Gasteiger partial charge in [0.2, 0.25) is 0 Å². The van der Waals surface area contributed by atoms with Crippen molar-refractivity contribution in [3.05, 3.63) is 30.5 Å². The van der Waals surface area contributed by atoms with Crippen LogP contribution in [0, 0.1) is 5.92 Å². The fourth-order valence-corrected chi connectivity index (χ4v) is 3.89. The third-order valence-electron chi connectivity index (χ3n) is 5.32. The SMILES string of the molecule is COCOCCOc1ccc(-c2cn([C@H]3CN4CCC3CC4)nn2)cc1. The summed E-state index contributed by atoms with van der Waals surface area (Å²) in [6, 6.07) is 8.43. The maximum atomic E-state index is 5.65. The van der Waals surface area contributed by atoms with Crippen LogP contribution in [0.4, 0.5) is 0 Å². The topological polar surface area (TPSA) is 61.6 Å². The monoisotopic (exact) mass is 358 g/mol. The molecule has 3 saturated heterocycles. The fourth-order valence-electron chi connectivity index (χ4n) is 3.89. The average molecular weight is 358 g/mol. The Labute approximate surface area is 153 Å². The number of benzene rings is 1. The molecule has 0 unspecified atom stereocenters. The molecule has 3 fully saturated rings. The van der Waals surface area contributed by atoms with Gasteiger partial charge >= 0.3 is 0 Å². The minimum Gasteiger partial charge on any atom is -0.491 e. The number of aromatic nitrogens is 3. The largest absolute Gasteiger partial charge is 0.491 e. The van der Waals surface area contributed by atoms with Gasteiger partial charge in [-0.1, -0.05) is 5.21 Å². The van der Waals surface area contributed by atoms with Crippen LogP contribution in [0.15, 0.2) is 30.5 Å². The Morgan fingerprint density at radius 1 is 1.12 bits per heavy atom. The Balaban J connectivity index is 1.35. The highest BCUT2D eigenvalue weighted by Gasteiger charge is 2.35. The molecule has 4 heterocycles. The van der Waals surface area contributed by atoms with E-state index in [2.05, 4.69) is 26.1 Å². The number of piperidine rings is 3. The molecule has 2 bridgehead atoms. The Bertz CT molecular complexity index is 695. The highest BCUT2D eigenvalue weighted by molar-refractivity contribution is 5.58. The van der Waals surface area contributed by atoms with Gasteiger partial charge in [-0.2, -0.15) is 0 Å². The quantitative estimate of drug-likeness (QED) is 0.533. The van der Waals surface area contributed by atoms with E-state index >= 15 is 0 Å². The van der Waals surface area contributed by atoms with E-state index in [-0.39, 0.29) is 6.79 Å². The second kappa shape index (κ2) is 8.16. The summed E-state index contributed by atoms with van der Waals surface area (Å²) in [4.78, 5) is 2.54. The summed E-state index contributed by atoms with van der Waals surface area (Å²) in [5.41, 5.74) is 1.97. The van der Waals surface area contributed by atoms with Crippen molar-refractivity contribution in [1.29, 1.82) is 0 Å². The molecule has 0 saturated carbocycles. The minimum atomic E-state index is 0.289. The van der Waals surface area contributed by atoms with Gasteiger partial charge in [0.05, 0.1) is 18.8 Å². The van der Waals surface area contributed by atoms with Crippen molar-refractivity contribution in [2.24, 2.45) is 5.92 Å². The van der Waals surface area contributed by atoms with Gasteiger partial charge in [0, 0.05) is 19.2 Å². The number of ether oxygens (including phenoxy) is 3. The summed E-state index contributed by atoms with van der Waals surface area (Å²) >= 11 is 0. The molecule has 0 amide bonds. The van der Waals surface area contributed by atoms with Crippen LogP contribution in [0.1, 0.15) is 18.9 Å². The lowest BCUT2D eigenvalue weighted by molar-refractivity contribution is -0.0387. The van der Waals surface area contributed by atoms with Crippen molar-refractivity contribution in [3.8, 4) is 17.0 Å². The summed E-state index contributed by atoms with van der Waals surface area (Å²) in [5.74, 6) is 1.56. The molecule has 0 N–H and O–H groups in total. The van der Waals surface area contributed by atoms with Gasteiger partial charge in [-0.25, -0.2) is 4.68 Å². The van der Waals surface area contributed by atoms with E-state index in [0.29, 0.717) is 19.3 Å². The van der Waals surface area contributed by atoms with Crippen LogP contribution in [0.25, 0.3) is 11.3 Å². The normalized spacial score (nSPS) is 24.7. The molecule has 3 aliphatic rings. The van der Waals surface area contributed by atoms with Crippen LogP contribution in [-0.2, 0) is 9.47 Å². The zero-order valence-electron chi connectivity index (χ0n) is 15.2. The highest BCUT2D eigenvalue weighted by Crippen LogP contribution is 2.35. The van der Waals surface area contributed by atoms with Gasteiger partial charge < -0.3 is 19.1 Å². The van der Waals surface area contributed by atoms with Gasteiger partial charge in [-0.15, -0.1) is 5.10 Å². The zero-order valence-corrected chi connectivity index (χ0v) is 15.2. The van der Waals surface area contributed by atoms with Gasteiger partial charge in [0.1, 0.15) is 24.8 Å². The zero-order chi connectivity index (χ0) is 17.8. The standard InChI is InChI=1S/C19H26N4O3/c1-24-14-25-10-11-26-17-4-2-15(3-5-17)18-12-23(21-20-18)19-13-22-8-6-16(19)7-9-22/h2-5,12,16,19H,6-11,13-14H2,1H3/t19-/m0/s1. The number of methoxy groups -OCH3 is 1. The first-order valence-corrected chi connectivity index (χ1v) is 9.27. The molecular weight excluding hydrogens is 332 g/mol. The number of fused-ring (bicyclic) bond motifs is 3. The third kappa shape index (κ3) is 3.90. The molecule has 1 aromatic carbocycles. The molecule has 2 aromatic rings. The van der Waals surface area contributed by atoms with E-state index in [1.165, 1.54) is 25.9 Å². The molecule has 0 spiro atoms. The van der Waals surface area contributed by atoms with Crippen LogP contribution < -0.4 is 4.74 Å². The van der Waals surface area contributed by atoms with E-state index in [0.717, 1.165) is 29.5 Å². The van der Waals surface area contributed by atoms with Crippen molar-refractivity contribution < 1.29 is 14.2 Å². The average Bonchev–Trinajstić information content (AvgIpc) is 3.19.